The van der Waals surface area contributed by atoms with Crippen molar-refractivity contribution in [1.29, 1.82) is 0 Å². The Bertz CT molecular complexity index is 594. The zero-order valence-electron chi connectivity index (χ0n) is 9.86. The highest BCUT2D eigenvalue weighted by Crippen LogP contribution is 2.30. The summed E-state index contributed by atoms with van der Waals surface area (Å²) in [4.78, 5) is 22.1. The minimum absolute atomic E-state index is 0.0688. The normalized spacial score (nSPS) is 11.9. The fourth-order valence-corrected chi connectivity index (χ4v) is 1.71. The van der Waals surface area contributed by atoms with Crippen molar-refractivity contribution < 1.29 is 9.66 Å². The van der Waals surface area contributed by atoms with Gasteiger partial charge in [0.2, 0.25) is 5.75 Å². The van der Waals surface area contributed by atoms with Crippen LogP contribution in [-0.2, 0) is 0 Å². The molecule has 0 aliphatic carbocycles. The summed E-state index contributed by atoms with van der Waals surface area (Å²) < 4.78 is 6.11. The van der Waals surface area contributed by atoms with E-state index in [9.17, 15) is 10.1 Å². The molecule has 1 unspecified atom stereocenters. The standard InChI is InChI=1S/C11H9BrN4O3/c1-7(10-13-3-2-4-14-10)19-9-5-8(12)6-15-11(9)16(17)18/h2-7H,1H3. The molecule has 8 heteroatoms. The Morgan fingerprint density at radius 1 is 1.37 bits per heavy atom. The van der Waals surface area contributed by atoms with Crippen LogP contribution in [0.15, 0.2) is 35.2 Å². The largest absolute Gasteiger partial charge is 0.474 e. The zero-order valence-corrected chi connectivity index (χ0v) is 11.4. The molecule has 2 aromatic heterocycles. The summed E-state index contributed by atoms with van der Waals surface area (Å²) >= 11 is 3.20. The van der Waals surface area contributed by atoms with Gasteiger partial charge in [-0.3, -0.25) is 0 Å². The van der Waals surface area contributed by atoms with Crippen LogP contribution < -0.4 is 4.74 Å². The minimum Gasteiger partial charge on any atom is -0.474 e. The summed E-state index contributed by atoms with van der Waals surface area (Å²) in [6.07, 6.45) is 3.98. The number of hydrogen-bond acceptors (Lipinski definition) is 6. The van der Waals surface area contributed by atoms with Gasteiger partial charge in [-0.15, -0.1) is 0 Å². The molecule has 0 fully saturated rings. The average molecular weight is 325 g/mol. The molecule has 2 heterocycles. The van der Waals surface area contributed by atoms with Crippen LogP contribution in [0.2, 0.25) is 0 Å². The van der Waals surface area contributed by atoms with Crippen LogP contribution in [0.5, 0.6) is 5.75 Å². The summed E-state index contributed by atoms with van der Waals surface area (Å²) in [7, 11) is 0. The van der Waals surface area contributed by atoms with E-state index >= 15 is 0 Å². The van der Waals surface area contributed by atoms with Gasteiger partial charge in [-0.1, -0.05) is 0 Å². The van der Waals surface area contributed by atoms with Gasteiger partial charge in [0.05, 0.1) is 4.47 Å². The smallest absolute Gasteiger partial charge is 0.406 e. The molecule has 1 atom stereocenters. The highest BCUT2D eigenvalue weighted by Gasteiger charge is 2.21. The van der Waals surface area contributed by atoms with Crippen molar-refractivity contribution in [3.05, 3.63) is 51.1 Å². The van der Waals surface area contributed by atoms with Gasteiger partial charge in [0.1, 0.15) is 0 Å². The van der Waals surface area contributed by atoms with Crippen molar-refractivity contribution in [1.82, 2.24) is 15.0 Å². The van der Waals surface area contributed by atoms with Crippen LogP contribution in [0, 0.1) is 10.1 Å². The molecule has 2 rings (SSSR count). The first-order chi connectivity index (χ1) is 9.08. The lowest BCUT2D eigenvalue weighted by Gasteiger charge is -2.12. The van der Waals surface area contributed by atoms with Crippen LogP contribution in [-0.4, -0.2) is 19.9 Å². The summed E-state index contributed by atoms with van der Waals surface area (Å²) in [5.74, 6) is 0.169. The van der Waals surface area contributed by atoms with Gasteiger partial charge in [0.25, 0.3) is 0 Å². The first-order valence-electron chi connectivity index (χ1n) is 5.31. The lowest BCUT2D eigenvalue weighted by molar-refractivity contribution is -0.390. The molecule has 0 saturated carbocycles. The van der Waals surface area contributed by atoms with Crippen LogP contribution in [0.25, 0.3) is 0 Å². The van der Waals surface area contributed by atoms with Crippen LogP contribution in [0.4, 0.5) is 5.82 Å². The third-order valence-corrected chi connectivity index (χ3v) is 2.66. The molecular weight excluding hydrogens is 316 g/mol. The van der Waals surface area contributed by atoms with Crippen molar-refractivity contribution in [3.8, 4) is 5.75 Å². The Hall–Kier alpha value is -2.09. The third-order valence-electron chi connectivity index (χ3n) is 2.23. The zero-order chi connectivity index (χ0) is 13.8. The molecule has 2 aromatic rings. The van der Waals surface area contributed by atoms with E-state index in [0.29, 0.717) is 10.3 Å². The number of halogens is 1. The van der Waals surface area contributed by atoms with E-state index in [1.165, 1.54) is 12.3 Å². The predicted octanol–water partition coefficient (Wildman–Crippen LogP) is 2.68. The molecule has 0 aliphatic heterocycles. The lowest BCUT2D eigenvalue weighted by atomic mass is 10.3. The quantitative estimate of drug-likeness (QED) is 0.634. The van der Waals surface area contributed by atoms with Gasteiger partial charge in [-0.25, -0.2) is 9.97 Å². The molecule has 0 spiro atoms. The molecule has 98 valence electrons. The second-order valence-electron chi connectivity index (χ2n) is 3.60. The van der Waals surface area contributed by atoms with E-state index in [1.807, 2.05) is 0 Å². The number of rotatable bonds is 4. The number of hydrogen-bond donors (Lipinski definition) is 0. The van der Waals surface area contributed by atoms with E-state index in [2.05, 4.69) is 30.9 Å². The Morgan fingerprint density at radius 3 is 2.68 bits per heavy atom. The first kappa shape index (κ1) is 13.3. The number of pyridine rings is 1. The molecule has 0 aromatic carbocycles. The first-order valence-corrected chi connectivity index (χ1v) is 6.10. The van der Waals surface area contributed by atoms with Gasteiger partial charge in [0.15, 0.2) is 18.1 Å². The Balaban J connectivity index is 2.28. The van der Waals surface area contributed by atoms with Crippen molar-refractivity contribution in [2.45, 2.75) is 13.0 Å². The molecule has 0 saturated heterocycles. The van der Waals surface area contributed by atoms with Crippen molar-refractivity contribution in [3.63, 3.8) is 0 Å². The summed E-state index contributed by atoms with van der Waals surface area (Å²) in [5, 5.41) is 10.9. The van der Waals surface area contributed by atoms with Gasteiger partial charge in [-0.05, 0) is 38.8 Å². The topological polar surface area (TPSA) is 91.0 Å². The molecule has 0 aliphatic rings. The van der Waals surface area contributed by atoms with Crippen LogP contribution in [0.3, 0.4) is 0 Å². The highest BCUT2D eigenvalue weighted by molar-refractivity contribution is 9.10. The maximum Gasteiger partial charge on any atom is 0.406 e. The van der Waals surface area contributed by atoms with Crippen molar-refractivity contribution in [2.75, 3.05) is 0 Å². The highest BCUT2D eigenvalue weighted by atomic mass is 79.9. The number of nitrogens with zero attached hydrogens (tertiary/aromatic N) is 4. The Morgan fingerprint density at radius 2 is 2.05 bits per heavy atom. The predicted molar refractivity (Wildman–Crippen MR) is 69.7 cm³/mol. The lowest BCUT2D eigenvalue weighted by Crippen LogP contribution is -2.09. The molecule has 0 bridgehead atoms. The van der Waals surface area contributed by atoms with E-state index in [0.717, 1.165) is 0 Å². The maximum atomic E-state index is 10.9. The molecule has 0 N–H and O–H groups in total. The fourth-order valence-electron chi connectivity index (χ4n) is 1.40. The van der Waals surface area contributed by atoms with E-state index in [1.54, 1.807) is 25.4 Å². The SMILES string of the molecule is CC(Oc1cc(Br)cnc1[N+](=O)[O-])c1ncccn1. The summed E-state index contributed by atoms with van der Waals surface area (Å²) in [6.45, 7) is 1.71. The average Bonchev–Trinajstić information content (AvgIpc) is 2.39. The fraction of sp³-hybridized carbons (Fsp3) is 0.182. The van der Waals surface area contributed by atoms with Crippen molar-refractivity contribution in [2.24, 2.45) is 0 Å². The maximum absolute atomic E-state index is 10.9. The Kier molecular flexibility index (Phi) is 4.00. The summed E-state index contributed by atoms with van der Waals surface area (Å²) in [5.41, 5.74) is 0. The van der Waals surface area contributed by atoms with E-state index in [4.69, 9.17) is 4.74 Å². The van der Waals surface area contributed by atoms with Crippen LogP contribution >= 0.6 is 15.9 Å². The van der Waals surface area contributed by atoms with Gasteiger partial charge >= 0.3 is 5.82 Å². The van der Waals surface area contributed by atoms with Gasteiger partial charge in [-0.2, -0.15) is 0 Å². The minimum atomic E-state index is -0.597. The third kappa shape index (κ3) is 3.22. The number of ether oxygens (including phenoxy) is 1. The Labute approximate surface area is 117 Å². The molecule has 7 nitrogen and oxygen atoms in total. The van der Waals surface area contributed by atoms with E-state index < -0.39 is 11.0 Å². The molecular formula is C11H9BrN4O3. The molecule has 0 amide bonds. The van der Waals surface area contributed by atoms with Gasteiger partial charge in [0, 0.05) is 18.5 Å². The second kappa shape index (κ2) is 5.70. The molecule has 19 heavy (non-hydrogen) atoms. The number of aromatic nitrogens is 3. The van der Waals surface area contributed by atoms with Gasteiger partial charge < -0.3 is 14.9 Å². The van der Waals surface area contributed by atoms with Crippen LogP contribution in [0.1, 0.15) is 18.9 Å². The van der Waals surface area contributed by atoms with E-state index in [-0.39, 0.29) is 11.6 Å². The number of nitro groups is 1. The van der Waals surface area contributed by atoms with Crippen molar-refractivity contribution >= 4 is 21.7 Å². The monoisotopic (exact) mass is 324 g/mol. The molecule has 0 radical (unpaired) electrons. The second-order valence-corrected chi connectivity index (χ2v) is 4.52. The summed E-state index contributed by atoms with van der Waals surface area (Å²) in [6, 6.07) is 3.17.